The van der Waals surface area contributed by atoms with E-state index in [9.17, 15) is 0 Å². The number of nitrogens with zero attached hydrogens (tertiary/aromatic N) is 3. The molecule has 0 radical (unpaired) electrons. The van der Waals surface area contributed by atoms with Crippen molar-refractivity contribution in [3.8, 4) is 0 Å². The van der Waals surface area contributed by atoms with Crippen LogP contribution in [0.2, 0.25) is 0 Å². The van der Waals surface area contributed by atoms with Gasteiger partial charge in [0.25, 0.3) is 0 Å². The molecule has 0 amide bonds. The van der Waals surface area contributed by atoms with Crippen LogP contribution in [0.3, 0.4) is 0 Å². The maximum atomic E-state index is 6.47. The number of rotatable bonds is 7. The zero-order chi connectivity index (χ0) is 19.4. The lowest BCUT2D eigenvalue weighted by Gasteiger charge is -2.60. The number of hydrogen-bond acceptors (Lipinski definition) is 2. The van der Waals surface area contributed by atoms with Crippen molar-refractivity contribution in [2.24, 2.45) is 28.5 Å². The smallest absolute Gasteiger partial charge is 0.191 e. The molecule has 160 valence electrons. The first-order chi connectivity index (χ1) is 13.6. The van der Waals surface area contributed by atoms with Crippen LogP contribution in [0.15, 0.2) is 4.99 Å². The van der Waals surface area contributed by atoms with Gasteiger partial charge in [-0.25, -0.2) is 0 Å². The predicted octanol–water partition coefficient (Wildman–Crippen LogP) is 4.64. The Bertz CT molecular complexity index is 485. The first kappa shape index (κ1) is 20.5. The van der Waals surface area contributed by atoms with Crippen LogP contribution in [0.1, 0.15) is 89.9 Å². The van der Waals surface area contributed by atoms with E-state index in [1.54, 1.807) is 0 Å². The normalized spacial score (nSPS) is 36.3. The van der Waals surface area contributed by atoms with Gasteiger partial charge in [0.1, 0.15) is 0 Å². The molecule has 0 aromatic heterocycles. The number of unbranched alkanes of at least 4 members (excludes halogenated alkanes) is 2. The Kier molecular flexibility index (Phi) is 6.85. The van der Waals surface area contributed by atoms with Gasteiger partial charge in [0.05, 0.1) is 0 Å². The van der Waals surface area contributed by atoms with Crippen LogP contribution in [0, 0.1) is 17.8 Å². The fourth-order valence-electron chi connectivity index (χ4n) is 7.18. The summed E-state index contributed by atoms with van der Waals surface area (Å²) in [6.07, 6.45) is 19.5. The number of aliphatic imine (C=N–C) groups is 1. The van der Waals surface area contributed by atoms with Crippen LogP contribution in [-0.2, 0) is 0 Å². The standard InChI is InChI=1S/C24H44N4/c1-27(24-17-20-14-21(18-24)16-22(15-20)19-24)23(25)26-10-6-5-9-13-28-11-7-3-2-4-8-12-28/h20-22H,2-19H2,1H3,(H2,25,26). The number of hydrogen-bond donors (Lipinski definition) is 1. The van der Waals surface area contributed by atoms with Crippen molar-refractivity contribution in [2.45, 2.75) is 95.4 Å². The largest absolute Gasteiger partial charge is 0.370 e. The lowest BCUT2D eigenvalue weighted by atomic mass is 9.52. The van der Waals surface area contributed by atoms with Gasteiger partial charge in [-0.05, 0) is 102 Å². The third-order valence-electron chi connectivity index (χ3n) is 8.42. The highest BCUT2D eigenvalue weighted by atomic mass is 15.3. The van der Waals surface area contributed by atoms with E-state index in [0.717, 1.165) is 30.3 Å². The summed E-state index contributed by atoms with van der Waals surface area (Å²) in [4.78, 5) is 9.89. The Morgan fingerprint density at radius 3 is 2.07 bits per heavy atom. The van der Waals surface area contributed by atoms with Gasteiger partial charge in [-0.2, -0.15) is 0 Å². The van der Waals surface area contributed by atoms with Gasteiger partial charge < -0.3 is 15.5 Å². The van der Waals surface area contributed by atoms with E-state index in [1.165, 1.54) is 110 Å². The first-order valence-corrected chi connectivity index (χ1v) is 12.4. The summed E-state index contributed by atoms with van der Waals surface area (Å²) >= 11 is 0. The van der Waals surface area contributed by atoms with Crippen molar-refractivity contribution in [3.63, 3.8) is 0 Å². The van der Waals surface area contributed by atoms with Crippen LogP contribution in [0.25, 0.3) is 0 Å². The minimum atomic E-state index is 0.341. The fourth-order valence-corrected chi connectivity index (χ4v) is 7.18. The number of nitrogens with two attached hydrogens (primary N) is 1. The Morgan fingerprint density at radius 1 is 0.893 bits per heavy atom. The fraction of sp³-hybridized carbons (Fsp3) is 0.958. The van der Waals surface area contributed by atoms with Crippen LogP contribution < -0.4 is 5.73 Å². The van der Waals surface area contributed by atoms with E-state index in [4.69, 9.17) is 10.7 Å². The quantitative estimate of drug-likeness (QED) is 0.393. The van der Waals surface area contributed by atoms with Gasteiger partial charge in [-0.1, -0.05) is 25.7 Å². The molecule has 0 aromatic carbocycles. The van der Waals surface area contributed by atoms with E-state index in [0.29, 0.717) is 5.54 Å². The lowest BCUT2D eigenvalue weighted by molar-refractivity contribution is -0.0550. The molecule has 4 nitrogen and oxygen atoms in total. The number of guanidine groups is 1. The Balaban J connectivity index is 1.17. The van der Waals surface area contributed by atoms with Crippen LogP contribution in [-0.4, -0.2) is 54.5 Å². The van der Waals surface area contributed by atoms with Crippen molar-refractivity contribution in [2.75, 3.05) is 33.2 Å². The molecule has 1 saturated heterocycles. The molecular formula is C24H44N4. The molecule has 4 saturated carbocycles. The van der Waals surface area contributed by atoms with E-state index in [2.05, 4.69) is 16.8 Å². The average molecular weight is 389 g/mol. The van der Waals surface area contributed by atoms with Crippen molar-refractivity contribution in [1.82, 2.24) is 9.80 Å². The summed E-state index contributed by atoms with van der Waals surface area (Å²) in [6, 6.07) is 0. The van der Waals surface area contributed by atoms with Gasteiger partial charge in [0.15, 0.2) is 5.96 Å². The maximum absolute atomic E-state index is 6.47. The third kappa shape index (κ3) is 4.86. The second kappa shape index (κ2) is 9.36. The maximum Gasteiger partial charge on any atom is 0.191 e. The molecule has 1 aliphatic heterocycles. The van der Waals surface area contributed by atoms with Gasteiger partial charge in [-0.15, -0.1) is 0 Å². The van der Waals surface area contributed by atoms with E-state index in [1.807, 2.05) is 0 Å². The molecule has 5 rings (SSSR count). The highest BCUT2D eigenvalue weighted by Gasteiger charge is 2.53. The van der Waals surface area contributed by atoms with Crippen LogP contribution >= 0.6 is 0 Å². The van der Waals surface area contributed by atoms with Gasteiger partial charge in [0.2, 0.25) is 0 Å². The SMILES string of the molecule is CN(C(N)=NCCCCCN1CCCCCCC1)C12CC3CC(CC(C3)C1)C2. The second-order valence-corrected chi connectivity index (χ2v) is 10.6. The van der Waals surface area contributed by atoms with E-state index in [-0.39, 0.29) is 0 Å². The van der Waals surface area contributed by atoms with Crippen LogP contribution in [0.5, 0.6) is 0 Å². The summed E-state index contributed by atoms with van der Waals surface area (Å²) in [5, 5.41) is 0. The number of likely N-dealkylation sites (tertiary alicyclic amines) is 1. The summed E-state index contributed by atoms with van der Waals surface area (Å²) < 4.78 is 0. The highest BCUT2D eigenvalue weighted by Crippen LogP contribution is 2.57. The first-order valence-electron chi connectivity index (χ1n) is 12.4. The summed E-state index contributed by atoms with van der Waals surface area (Å²) in [5.74, 6) is 3.70. The second-order valence-electron chi connectivity index (χ2n) is 10.6. The molecule has 1 heterocycles. The van der Waals surface area contributed by atoms with Gasteiger partial charge in [0, 0.05) is 19.1 Å². The Morgan fingerprint density at radius 2 is 1.46 bits per heavy atom. The monoisotopic (exact) mass is 388 g/mol. The molecule has 0 aromatic rings. The van der Waals surface area contributed by atoms with Crippen LogP contribution in [0.4, 0.5) is 0 Å². The molecule has 4 heteroatoms. The topological polar surface area (TPSA) is 44.9 Å². The average Bonchev–Trinajstić information content (AvgIpc) is 2.64. The highest BCUT2D eigenvalue weighted by molar-refractivity contribution is 5.78. The zero-order valence-corrected chi connectivity index (χ0v) is 18.4. The van der Waals surface area contributed by atoms with Gasteiger partial charge >= 0.3 is 0 Å². The molecule has 4 aliphatic carbocycles. The Labute approximate surface area is 173 Å². The van der Waals surface area contributed by atoms with Gasteiger partial charge in [-0.3, -0.25) is 4.99 Å². The summed E-state index contributed by atoms with van der Waals surface area (Å²) in [6.45, 7) is 4.83. The zero-order valence-electron chi connectivity index (χ0n) is 18.4. The molecule has 5 fully saturated rings. The molecule has 4 bridgehead atoms. The van der Waals surface area contributed by atoms with E-state index < -0.39 is 0 Å². The molecular weight excluding hydrogens is 344 g/mol. The minimum Gasteiger partial charge on any atom is -0.370 e. The molecule has 5 aliphatic rings. The molecule has 28 heavy (non-hydrogen) atoms. The van der Waals surface area contributed by atoms with Crippen molar-refractivity contribution >= 4 is 5.96 Å². The lowest BCUT2D eigenvalue weighted by Crippen LogP contribution is -2.61. The summed E-state index contributed by atoms with van der Waals surface area (Å²) in [7, 11) is 2.23. The molecule has 0 spiro atoms. The molecule has 0 atom stereocenters. The van der Waals surface area contributed by atoms with Crippen molar-refractivity contribution in [3.05, 3.63) is 0 Å². The van der Waals surface area contributed by atoms with Crippen molar-refractivity contribution < 1.29 is 0 Å². The molecule has 2 N–H and O–H groups in total. The minimum absolute atomic E-state index is 0.341. The van der Waals surface area contributed by atoms with E-state index >= 15 is 0 Å². The predicted molar refractivity (Wildman–Crippen MR) is 119 cm³/mol. The third-order valence-corrected chi connectivity index (χ3v) is 8.42. The van der Waals surface area contributed by atoms with Crippen molar-refractivity contribution in [1.29, 1.82) is 0 Å². The molecule has 0 unspecified atom stereocenters. The summed E-state index contributed by atoms with van der Waals surface area (Å²) in [5.41, 5.74) is 6.81. The Hall–Kier alpha value is -0.770.